The SMILES string of the molecule is CC1(CNS(=O)(=O)c2ccnc(Cl)c2)CCCCC1. The highest BCUT2D eigenvalue weighted by Gasteiger charge is 2.28. The van der Waals surface area contributed by atoms with E-state index in [2.05, 4.69) is 16.6 Å². The predicted octanol–water partition coefficient (Wildman–Crippen LogP) is 2.98. The highest BCUT2D eigenvalue weighted by molar-refractivity contribution is 7.89. The molecule has 0 spiro atoms. The van der Waals surface area contributed by atoms with Gasteiger partial charge in [-0.3, -0.25) is 0 Å². The van der Waals surface area contributed by atoms with E-state index in [4.69, 9.17) is 11.6 Å². The summed E-state index contributed by atoms with van der Waals surface area (Å²) in [6, 6.07) is 2.82. The van der Waals surface area contributed by atoms with Gasteiger partial charge in [-0.05, 0) is 30.4 Å². The highest BCUT2D eigenvalue weighted by Crippen LogP contribution is 2.35. The van der Waals surface area contributed by atoms with Crippen molar-refractivity contribution in [1.29, 1.82) is 0 Å². The summed E-state index contributed by atoms with van der Waals surface area (Å²) in [5.74, 6) is 0. The number of pyridine rings is 1. The van der Waals surface area contributed by atoms with Gasteiger partial charge >= 0.3 is 0 Å². The minimum atomic E-state index is -3.49. The zero-order valence-electron chi connectivity index (χ0n) is 11.0. The lowest BCUT2D eigenvalue weighted by Gasteiger charge is -2.33. The minimum absolute atomic E-state index is 0.0716. The Morgan fingerprint density at radius 3 is 2.68 bits per heavy atom. The number of halogens is 1. The number of aromatic nitrogens is 1. The molecule has 1 aromatic rings. The van der Waals surface area contributed by atoms with E-state index in [0.29, 0.717) is 6.54 Å². The topological polar surface area (TPSA) is 59.1 Å². The molecule has 1 fully saturated rings. The van der Waals surface area contributed by atoms with Gasteiger partial charge in [-0.15, -0.1) is 0 Å². The number of hydrogen-bond donors (Lipinski definition) is 1. The van der Waals surface area contributed by atoms with E-state index in [1.807, 2.05) is 0 Å². The van der Waals surface area contributed by atoms with Crippen molar-refractivity contribution in [2.45, 2.75) is 43.9 Å². The summed E-state index contributed by atoms with van der Waals surface area (Å²) < 4.78 is 27.0. The van der Waals surface area contributed by atoms with Crippen molar-refractivity contribution in [3.63, 3.8) is 0 Å². The van der Waals surface area contributed by atoms with Gasteiger partial charge in [-0.25, -0.2) is 18.1 Å². The van der Waals surface area contributed by atoms with Crippen LogP contribution in [0, 0.1) is 5.41 Å². The summed E-state index contributed by atoms with van der Waals surface area (Å²) in [4.78, 5) is 3.96. The van der Waals surface area contributed by atoms with Gasteiger partial charge in [0.25, 0.3) is 0 Å². The molecule has 1 heterocycles. The third kappa shape index (κ3) is 3.91. The molecule has 0 atom stereocenters. The van der Waals surface area contributed by atoms with Crippen LogP contribution in [0.25, 0.3) is 0 Å². The molecule has 0 aliphatic heterocycles. The number of rotatable bonds is 4. The fourth-order valence-electron chi connectivity index (χ4n) is 2.49. The van der Waals surface area contributed by atoms with Crippen LogP contribution in [0.3, 0.4) is 0 Å². The second-order valence-electron chi connectivity index (χ2n) is 5.51. The zero-order chi connectivity index (χ0) is 13.9. The Kier molecular flexibility index (Phi) is 4.48. The van der Waals surface area contributed by atoms with Crippen molar-refractivity contribution in [1.82, 2.24) is 9.71 Å². The Morgan fingerprint density at radius 2 is 2.05 bits per heavy atom. The van der Waals surface area contributed by atoms with E-state index in [9.17, 15) is 8.42 Å². The third-order valence-corrected chi connectivity index (χ3v) is 5.36. The van der Waals surface area contributed by atoms with Gasteiger partial charge in [0.1, 0.15) is 5.15 Å². The summed E-state index contributed by atoms with van der Waals surface area (Å²) in [6.07, 6.45) is 7.17. The lowest BCUT2D eigenvalue weighted by atomic mass is 9.76. The summed E-state index contributed by atoms with van der Waals surface area (Å²) in [6.45, 7) is 2.63. The largest absolute Gasteiger partial charge is 0.244 e. The summed E-state index contributed by atoms with van der Waals surface area (Å²) in [7, 11) is -3.49. The molecule has 0 unspecified atom stereocenters. The molecule has 4 nitrogen and oxygen atoms in total. The minimum Gasteiger partial charge on any atom is -0.244 e. The molecule has 0 saturated heterocycles. The fourth-order valence-corrected chi connectivity index (χ4v) is 3.94. The van der Waals surface area contributed by atoms with Crippen molar-refractivity contribution in [2.24, 2.45) is 5.41 Å². The molecule has 0 aromatic carbocycles. The molecule has 0 radical (unpaired) electrons. The number of nitrogens with zero attached hydrogens (tertiary/aromatic N) is 1. The molecule has 0 bridgehead atoms. The zero-order valence-corrected chi connectivity index (χ0v) is 12.6. The van der Waals surface area contributed by atoms with Crippen molar-refractivity contribution in [3.8, 4) is 0 Å². The van der Waals surface area contributed by atoms with Gasteiger partial charge in [0.05, 0.1) is 4.90 Å². The Labute approximate surface area is 119 Å². The molecule has 19 heavy (non-hydrogen) atoms. The maximum Gasteiger partial charge on any atom is 0.240 e. The van der Waals surface area contributed by atoms with Gasteiger partial charge in [0.2, 0.25) is 10.0 Å². The summed E-state index contributed by atoms with van der Waals surface area (Å²) >= 11 is 5.72. The van der Waals surface area contributed by atoms with Crippen LogP contribution in [0.2, 0.25) is 5.15 Å². The first-order chi connectivity index (χ1) is 8.91. The molecule has 1 N–H and O–H groups in total. The Morgan fingerprint density at radius 1 is 1.37 bits per heavy atom. The molecule has 106 valence electrons. The van der Waals surface area contributed by atoms with Crippen LogP contribution in [0.4, 0.5) is 0 Å². The first-order valence-electron chi connectivity index (χ1n) is 6.53. The van der Waals surface area contributed by atoms with Crippen molar-refractivity contribution >= 4 is 21.6 Å². The van der Waals surface area contributed by atoms with E-state index < -0.39 is 10.0 Å². The molecule has 1 saturated carbocycles. The van der Waals surface area contributed by atoms with Crippen LogP contribution in [0.1, 0.15) is 39.0 Å². The molecule has 6 heteroatoms. The first kappa shape index (κ1) is 14.8. The smallest absolute Gasteiger partial charge is 0.240 e. The second-order valence-corrected chi connectivity index (χ2v) is 7.66. The maximum atomic E-state index is 12.2. The van der Waals surface area contributed by atoms with Gasteiger partial charge in [0.15, 0.2) is 0 Å². The Balaban J connectivity index is 2.05. The molecule has 2 rings (SSSR count). The van der Waals surface area contributed by atoms with Crippen LogP contribution in [-0.4, -0.2) is 19.9 Å². The monoisotopic (exact) mass is 302 g/mol. The Bertz CT molecular complexity index is 539. The van der Waals surface area contributed by atoms with Crippen LogP contribution in [0.5, 0.6) is 0 Å². The van der Waals surface area contributed by atoms with Crippen molar-refractivity contribution in [3.05, 3.63) is 23.5 Å². The van der Waals surface area contributed by atoms with Gasteiger partial charge in [-0.2, -0.15) is 0 Å². The number of nitrogens with one attached hydrogen (secondary N) is 1. The fraction of sp³-hybridized carbons (Fsp3) is 0.615. The van der Waals surface area contributed by atoms with Gasteiger partial charge < -0.3 is 0 Å². The normalized spacial score (nSPS) is 19.3. The maximum absolute atomic E-state index is 12.2. The highest BCUT2D eigenvalue weighted by atomic mass is 35.5. The van der Waals surface area contributed by atoms with Crippen LogP contribution < -0.4 is 4.72 Å². The third-order valence-electron chi connectivity index (χ3n) is 3.76. The molecule has 0 amide bonds. The average molecular weight is 303 g/mol. The number of sulfonamides is 1. The summed E-state index contributed by atoms with van der Waals surface area (Å²) in [5, 5.41) is 0.187. The first-order valence-corrected chi connectivity index (χ1v) is 8.39. The van der Waals surface area contributed by atoms with E-state index in [-0.39, 0.29) is 15.5 Å². The van der Waals surface area contributed by atoms with Crippen molar-refractivity contribution in [2.75, 3.05) is 6.54 Å². The average Bonchev–Trinajstić information content (AvgIpc) is 2.38. The van der Waals surface area contributed by atoms with Crippen LogP contribution in [0.15, 0.2) is 23.2 Å². The van der Waals surface area contributed by atoms with E-state index in [0.717, 1.165) is 12.8 Å². The van der Waals surface area contributed by atoms with Gasteiger partial charge in [-0.1, -0.05) is 37.8 Å². The van der Waals surface area contributed by atoms with Gasteiger partial charge in [0, 0.05) is 12.7 Å². The quantitative estimate of drug-likeness (QED) is 0.870. The van der Waals surface area contributed by atoms with E-state index in [1.54, 1.807) is 0 Å². The van der Waals surface area contributed by atoms with Crippen LogP contribution >= 0.6 is 11.6 Å². The predicted molar refractivity (Wildman–Crippen MR) is 75.6 cm³/mol. The molecular weight excluding hydrogens is 284 g/mol. The van der Waals surface area contributed by atoms with E-state index >= 15 is 0 Å². The lowest BCUT2D eigenvalue weighted by Crippen LogP contribution is -2.37. The second kappa shape index (κ2) is 5.77. The molecular formula is C13H19ClN2O2S. The number of hydrogen-bond acceptors (Lipinski definition) is 3. The lowest BCUT2D eigenvalue weighted by molar-refractivity contribution is 0.219. The summed E-state index contributed by atoms with van der Waals surface area (Å²) in [5.41, 5.74) is 0.0716. The molecule has 1 aromatic heterocycles. The van der Waals surface area contributed by atoms with Crippen molar-refractivity contribution < 1.29 is 8.42 Å². The molecule has 1 aliphatic carbocycles. The van der Waals surface area contributed by atoms with E-state index in [1.165, 1.54) is 37.6 Å². The van der Waals surface area contributed by atoms with Crippen LogP contribution in [-0.2, 0) is 10.0 Å². The Hall–Kier alpha value is -0.650. The molecule has 1 aliphatic rings. The standard InChI is InChI=1S/C13H19ClN2O2S/c1-13(6-3-2-4-7-13)10-16-19(17,18)11-5-8-15-12(14)9-11/h5,8-9,16H,2-4,6-7,10H2,1H3.